The van der Waals surface area contributed by atoms with Crippen LogP contribution >= 0.6 is 0 Å². The maximum Gasteiger partial charge on any atom is 0.422 e. The zero-order chi connectivity index (χ0) is 14.7. The molecule has 0 unspecified atom stereocenters. The van der Waals surface area contributed by atoms with E-state index < -0.39 is 11.4 Å². The molecule has 4 nitrogen and oxygen atoms in total. The number of benzene rings is 1. The summed E-state index contributed by atoms with van der Waals surface area (Å²) in [5.41, 5.74) is 2.09. The Kier molecular flexibility index (Phi) is 2.68. The second-order valence-corrected chi connectivity index (χ2v) is 6.34. The fourth-order valence-corrected chi connectivity index (χ4v) is 3.48. The summed E-state index contributed by atoms with van der Waals surface area (Å²) in [5, 5.41) is 0.526. The van der Waals surface area contributed by atoms with Crippen molar-refractivity contribution in [3.63, 3.8) is 0 Å². The van der Waals surface area contributed by atoms with E-state index in [1.54, 1.807) is 4.57 Å². The van der Waals surface area contributed by atoms with Crippen LogP contribution in [0.25, 0.3) is 10.9 Å². The molecule has 1 aliphatic heterocycles. The van der Waals surface area contributed by atoms with Crippen LogP contribution in [0, 0.1) is 0 Å². The molecule has 0 radical (unpaired) electrons. The van der Waals surface area contributed by atoms with Crippen molar-refractivity contribution in [2.75, 3.05) is 0 Å². The second kappa shape index (κ2) is 4.08. The Morgan fingerprint density at radius 2 is 2.05 bits per heavy atom. The van der Waals surface area contributed by atoms with Crippen molar-refractivity contribution in [1.29, 1.82) is 0 Å². The molecule has 4 heteroatoms. The van der Waals surface area contributed by atoms with E-state index in [-0.39, 0.29) is 5.54 Å². The Morgan fingerprint density at radius 1 is 1.35 bits per heavy atom. The SMILES string of the molecule is CCc1cc2c3c(c1)c(=O)oc(=O)n3C(C)(C)C[C@@H]2C. The molecule has 0 saturated heterocycles. The van der Waals surface area contributed by atoms with Gasteiger partial charge in [-0.2, -0.15) is 0 Å². The third-order valence-corrected chi connectivity index (χ3v) is 4.36. The van der Waals surface area contributed by atoms with Crippen molar-refractivity contribution < 1.29 is 4.42 Å². The second-order valence-electron chi connectivity index (χ2n) is 6.34. The van der Waals surface area contributed by atoms with Crippen LogP contribution in [0.2, 0.25) is 0 Å². The van der Waals surface area contributed by atoms with Crippen molar-refractivity contribution >= 4 is 10.9 Å². The van der Waals surface area contributed by atoms with Gasteiger partial charge in [0.05, 0.1) is 10.9 Å². The third kappa shape index (κ3) is 1.67. The van der Waals surface area contributed by atoms with Gasteiger partial charge in [0.25, 0.3) is 0 Å². The van der Waals surface area contributed by atoms with E-state index in [0.717, 1.165) is 29.5 Å². The monoisotopic (exact) mass is 273 g/mol. The molecule has 0 aliphatic carbocycles. The summed E-state index contributed by atoms with van der Waals surface area (Å²) in [6.07, 6.45) is 1.72. The molecule has 0 fully saturated rings. The average Bonchev–Trinajstić information content (AvgIpc) is 2.35. The van der Waals surface area contributed by atoms with E-state index in [4.69, 9.17) is 4.42 Å². The molecule has 0 saturated carbocycles. The molecule has 0 N–H and O–H groups in total. The van der Waals surface area contributed by atoms with E-state index >= 15 is 0 Å². The van der Waals surface area contributed by atoms with Gasteiger partial charge in [-0.05, 0) is 49.8 Å². The lowest BCUT2D eigenvalue weighted by Crippen LogP contribution is -2.42. The first-order chi connectivity index (χ1) is 9.35. The van der Waals surface area contributed by atoms with Gasteiger partial charge in [-0.1, -0.05) is 19.9 Å². The van der Waals surface area contributed by atoms with Crippen LogP contribution in [0.5, 0.6) is 0 Å². The molecular weight excluding hydrogens is 254 g/mol. The fraction of sp³-hybridized carbons (Fsp3) is 0.500. The van der Waals surface area contributed by atoms with E-state index in [1.165, 1.54) is 0 Å². The highest BCUT2D eigenvalue weighted by atomic mass is 16.4. The van der Waals surface area contributed by atoms with Crippen molar-refractivity contribution in [3.8, 4) is 0 Å². The molecule has 0 amide bonds. The predicted octanol–water partition coefficient (Wildman–Crippen LogP) is 2.76. The van der Waals surface area contributed by atoms with Gasteiger partial charge in [-0.3, -0.25) is 4.57 Å². The van der Waals surface area contributed by atoms with Crippen LogP contribution in [0.3, 0.4) is 0 Å². The molecule has 2 aromatic rings. The molecule has 106 valence electrons. The summed E-state index contributed by atoms with van der Waals surface area (Å²) in [5.74, 6) is -0.231. The Labute approximate surface area is 117 Å². The minimum Gasteiger partial charge on any atom is -0.372 e. The lowest BCUT2D eigenvalue weighted by Gasteiger charge is -2.37. The summed E-state index contributed by atoms with van der Waals surface area (Å²) in [7, 11) is 0. The van der Waals surface area contributed by atoms with Crippen LogP contribution in [0.1, 0.15) is 51.2 Å². The van der Waals surface area contributed by atoms with Crippen molar-refractivity contribution in [3.05, 3.63) is 44.2 Å². The Bertz CT molecular complexity index is 811. The lowest BCUT2D eigenvalue weighted by molar-refractivity contribution is 0.256. The molecule has 1 aromatic heterocycles. The Hall–Kier alpha value is -1.84. The van der Waals surface area contributed by atoms with E-state index in [0.29, 0.717) is 11.3 Å². The zero-order valence-corrected chi connectivity index (χ0v) is 12.3. The molecule has 0 spiro atoms. The van der Waals surface area contributed by atoms with Gasteiger partial charge in [0.15, 0.2) is 0 Å². The first kappa shape index (κ1) is 13.2. The highest BCUT2D eigenvalue weighted by Crippen LogP contribution is 2.39. The number of hydrogen-bond acceptors (Lipinski definition) is 3. The molecule has 20 heavy (non-hydrogen) atoms. The zero-order valence-electron chi connectivity index (χ0n) is 12.3. The van der Waals surface area contributed by atoms with Crippen LogP contribution in [-0.2, 0) is 12.0 Å². The summed E-state index contributed by atoms with van der Waals surface area (Å²) in [6, 6.07) is 3.98. The summed E-state index contributed by atoms with van der Waals surface area (Å²) in [6.45, 7) is 8.24. The van der Waals surface area contributed by atoms with E-state index in [1.807, 2.05) is 19.9 Å². The molecule has 0 bridgehead atoms. The van der Waals surface area contributed by atoms with Gasteiger partial charge in [0.1, 0.15) is 0 Å². The smallest absolute Gasteiger partial charge is 0.372 e. The highest BCUT2D eigenvalue weighted by molar-refractivity contribution is 5.83. The molecule has 1 aliphatic rings. The van der Waals surface area contributed by atoms with Gasteiger partial charge >= 0.3 is 11.4 Å². The summed E-state index contributed by atoms with van der Waals surface area (Å²) < 4.78 is 6.57. The predicted molar refractivity (Wildman–Crippen MR) is 78.5 cm³/mol. The van der Waals surface area contributed by atoms with Crippen LogP contribution < -0.4 is 11.4 Å². The largest absolute Gasteiger partial charge is 0.422 e. The highest BCUT2D eigenvalue weighted by Gasteiger charge is 2.34. The van der Waals surface area contributed by atoms with Crippen molar-refractivity contribution in [2.45, 2.75) is 52.0 Å². The lowest BCUT2D eigenvalue weighted by atomic mass is 9.81. The first-order valence-electron chi connectivity index (χ1n) is 7.08. The number of hydrogen-bond donors (Lipinski definition) is 0. The van der Waals surface area contributed by atoms with Crippen LogP contribution in [-0.4, -0.2) is 4.57 Å². The number of aromatic nitrogens is 1. The number of aryl methyl sites for hydroxylation is 1. The minimum absolute atomic E-state index is 0.320. The average molecular weight is 273 g/mol. The quantitative estimate of drug-likeness (QED) is 0.802. The molecular formula is C16H19NO3. The van der Waals surface area contributed by atoms with Crippen LogP contribution in [0.15, 0.2) is 26.1 Å². The Morgan fingerprint density at radius 3 is 2.70 bits per heavy atom. The molecule has 2 heterocycles. The molecule has 3 rings (SSSR count). The minimum atomic E-state index is -0.551. The van der Waals surface area contributed by atoms with Crippen molar-refractivity contribution in [2.24, 2.45) is 0 Å². The maximum absolute atomic E-state index is 12.1. The van der Waals surface area contributed by atoms with E-state index in [2.05, 4.69) is 19.9 Å². The maximum atomic E-state index is 12.1. The van der Waals surface area contributed by atoms with Gasteiger partial charge in [0, 0.05) is 5.54 Å². The third-order valence-electron chi connectivity index (χ3n) is 4.36. The van der Waals surface area contributed by atoms with Gasteiger partial charge in [-0.25, -0.2) is 9.59 Å². The van der Waals surface area contributed by atoms with Gasteiger partial charge < -0.3 is 4.42 Å². The van der Waals surface area contributed by atoms with Gasteiger partial charge in [0.2, 0.25) is 0 Å². The number of rotatable bonds is 1. The molecule has 1 aromatic carbocycles. The Balaban J connectivity index is 2.60. The number of nitrogens with zero attached hydrogens (tertiary/aromatic N) is 1. The standard InChI is InChI=1S/C16H19NO3/c1-5-10-6-11-9(2)8-16(3,4)17-13(11)12(7-10)14(18)20-15(17)19/h6-7,9H,5,8H2,1-4H3/t9-/m0/s1. The fourth-order valence-electron chi connectivity index (χ4n) is 3.48. The summed E-state index contributed by atoms with van der Waals surface area (Å²) in [4.78, 5) is 24.2. The van der Waals surface area contributed by atoms with Crippen molar-refractivity contribution in [1.82, 2.24) is 4.57 Å². The van der Waals surface area contributed by atoms with E-state index in [9.17, 15) is 9.59 Å². The summed E-state index contributed by atoms with van der Waals surface area (Å²) >= 11 is 0. The topological polar surface area (TPSA) is 52.2 Å². The molecule has 1 atom stereocenters. The van der Waals surface area contributed by atoms with Crippen LogP contribution in [0.4, 0.5) is 0 Å². The first-order valence-corrected chi connectivity index (χ1v) is 7.08. The normalized spacial score (nSPS) is 20.3. The van der Waals surface area contributed by atoms with Gasteiger partial charge in [-0.15, -0.1) is 0 Å².